The van der Waals surface area contributed by atoms with Crippen molar-refractivity contribution in [2.45, 2.75) is 13.8 Å². The van der Waals surface area contributed by atoms with Gasteiger partial charge in [-0.25, -0.2) is 0 Å². The Morgan fingerprint density at radius 2 is 0.617 bits per heavy atom. The van der Waals surface area contributed by atoms with Crippen LogP contribution in [0, 0.1) is 13.8 Å². The number of anilines is 6. The molecule has 2 heterocycles. The fourth-order valence-electron chi connectivity index (χ4n) is 8.96. The summed E-state index contributed by atoms with van der Waals surface area (Å²) in [6.07, 6.45) is 0. The van der Waals surface area contributed by atoms with Crippen LogP contribution < -0.4 is 9.80 Å². The fraction of sp³-hybridized carbons (Fsp3) is 0.0357. The van der Waals surface area contributed by atoms with Crippen molar-refractivity contribution < 1.29 is 0 Å². The molecule has 0 radical (unpaired) electrons. The average Bonchev–Trinajstić information content (AvgIpc) is 3.81. The highest BCUT2D eigenvalue weighted by Crippen LogP contribution is 2.42. The number of aromatic nitrogens is 2. The van der Waals surface area contributed by atoms with Crippen LogP contribution in [-0.2, 0) is 0 Å². The highest BCUT2D eigenvalue weighted by atomic mass is 15.1. The number of para-hydroxylation sites is 4. The van der Waals surface area contributed by atoms with Gasteiger partial charge in [-0.2, -0.15) is 0 Å². The number of nitrogens with zero attached hydrogens (tertiary/aromatic N) is 4. The van der Waals surface area contributed by atoms with Crippen LogP contribution in [0.15, 0.2) is 218 Å². The Morgan fingerprint density at radius 1 is 0.267 bits per heavy atom. The van der Waals surface area contributed by atoms with E-state index in [1.165, 1.54) is 49.2 Å². The zero-order valence-electron chi connectivity index (χ0n) is 33.6. The molecule has 11 rings (SSSR count). The van der Waals surface area contributed by atoms with Crippen molar-refractivity contribution in [3.8, 4) is 11.4 Å². The summed E-state index contributed by atoms with van der Waals surface area (Å²) in [5.74, 6) is 0. The number of rotatable bonds is 8. The van der Waals surface area contributed by atoms with Gasteiger partial charge in [-0.3, -0.25) is 0 Å². The summed E-state index contributed by atoms with van der Waals surface area (Å²) in [6.45, 7) is 4.28. The van der Waals surface area contributed by atoms with Gasteiger partial charge in [-0.1, -0.05) is 114 Å². The normalized spacial score (nSPS) is 11.5. The summed E-state index contributed by atoms with van der Waals surface area (Å²) >= 11 is 0. The van der Waals surface area contributed by atoms with E-state index in [2.05, 4.69) is 251 Å². The van der Waals surface area contributed by atoms with Gasteiger partial charge in [0, 0.05) is 67.0 Å². The zero-order valence-corrected chi connectivity index (χ0v) is 33.6. The molecule has 0 aliphatic carbocycles. The first-order valence-electron chi connectivity index (χ1n) is 20.6. The van der Waals surface area contributed by atoms with E-state index < -0.39 is 0 Å². The maximum Gasteiger partial charge on any atom is 0.0542 e. The van der Waals surface area contributed by atoms with Gasteiger partial charge in [0.15, 0.2) is 0 Å². The molecule has 2 aromatic heterocycles. The van der Waals surface area contributed by atoms with Gasteiger partial charge >= 0.3 is 0 Å². The summed E-state index contributed by atoms with van der Waals surface area (Å²) in [4.78, 5) is 4.69. The Balaban J connectivity index is 1.06. The molecule has 0 bridgehead atoms. The second kappa shape index (κ2) is 14.5. The molecule has 0 saturated carbocycles. The van der Waals surface area contributed by atoms with Gasteiger partial charge in [0.05, 0.1) is 22.1 Å². The lowest BCUT2D eigenvalue weighted by Gasteiger charge is -2.26. The number of hydrogen-bond acceptors (Lipinski definition) is 2. The first-order valence-corrected chi connectivity index (χ1v) is 20.6. The molecular formula is C56H42N4. The molecule has 60 heavy (non-hydrogen) atoms. The third-order valence-electron chi connectivity index (χ3n) is 11.8. The lowest BCUT2D eigenvalue weighted by Crippen LogP contribution is -2.10. The van der Waals surface area contributed by atoms with Crippen molar-refractivity contribution in [1.82, 2.24) is 9.13 Å². The maximum atomic E-state index is 2.42. The minimum Gasteiger partial charge on any atom is -0.310 e. The molecule has 0 unspecified atom stereocenters. The first-order chi connectivity index (χ1) is 29.6. The Morgan fingerprint density at radius 3 is 1.05 bits per heavy atom. The van der Waals surface area contributed by atoms with Crippen LogP contribution in [0.2, 0.25) is 0 Å². The zero-order chi connectivity index (χ0) is 40.2. The molecule has 0 N–H and O–H groups in total. The molecule has 0 saturated heterocycles. The van der Waals surface area contributed by atoms with E-state index >= 15 is 0 Å². The molecule has 0 amide bonds. The standard InChI is InChI=1S/C56H42N4/c1-39-24-28-43(29-25-39)58(44-30-26-40(2)27-31-44)48-33-35-56-52(38-48)50-21-10-12-23-54(50)60(56)46-19-13-18-45(36-46)59-53-22-11-9-20-49(53)51-37-47(32-34-55(51)59)57(41-14-5-3-6-15-41)42-16-7-4-8-17-42/h3-38H,1-2H3. The topological polar surface area (TPSA) is 16.3 Å². The molecular weight excluding hydrogens is 729 g/mol. The predicted molar refractivity (Wildman–Crippen MR) is 254 cm³/mol. The largest absolute Gasteiger partial charge is 0.310 e. The van der Waals surface area contributed by atoms with Crippen molar-refractivity contribution in [2.75, 3.05) is 9.80 Å². The van der Waals surface area contributed by atoms with E-state index in [-0.39, 0.29) is 0 Å². The quantitative estimate of drug-likeness (QED) is 0.153. The fourth-order valence-corrected chi connectivity index (χ4v) is 8.96. The van der Waals surface area contributed by atoms with Crippen LogP contribution in [0.4, 0.5) is 34.1 Å². The summed E-state index contributed by atoms with van der Waals surface area (Å²) in [6, 6.07) is 79.2. The van der Waals surface area contributed by atoms with Crippen molar-refractivity contribution in [3.05, 3.63) is 230 Å². The number of benzene rings is 9. The van der Waals surface area contributed by atoms with E-state index in [1.54, 1.807) is 0 Å². The van der Waals surface area contributed by atoms with Crippen LogP contribution >= 0.6 is 0 Å². The smallest absolute Gasteiger partial charge is 0.0542 e. The predicted octanol–water partition coefficient (Wildman–Crippen LogP) is 15.4. The van der Waals surface area contributed by atoms with Gasteiger partial charge in [-0.05, 0) is 129 Å². The van der Waals surface area contributed by atoms with Gasteiger partial charge in [0.25, 0.3) is 0 Å². The van der Waals surface area contributed by atoms with E-state index in [4.69, 9.17) is 0 Å². The Bertz CT molecular complexity index is 3240. The maximum absolute atomic E-state index is 2.42. The molecule has 286 valence electrons. The van der Waals surface area contributed by atoms with Crippen molar-refractivity contribution in [3.63, 3.8) is 0 Å². The van der Waals surface area contributed by atoms with E-state index in [0.717, 1.165) is 51.0 Å². The van der Waals surface area contributed by atoms with Crippen LogP contribution in [0.1, 0.15) is 11.1 Å². The van der Waals surface area contributed by atoms with Gasteiger partial charge in [-0.15, -0.1) is 0 Å². The summed E-state index contributed by atoms with van der Waals surface area (Å²) < 4.78 is 4.84. The molecule has 0 fully saturated rings. The average molecular weight is 771 g/mol. The summed E-state index contributed by atoms with van der Waals surface area (Å²) in [7, 11) is 0. The molecule has 0 spiro atoms. The minimum atomic E-state index is 1.11. The minimum absolute atomic E-state index is 1.11. The summed E-state index contributed by atoms with van der Waals surface area (Å²) in [5.41, 5.74) is 16.1. The van der Waals surface area contributed by atoms with Gasteiger partial charge in [0.2, 0.25) is 0 Å². The molecule has 0 aliphatic heterocycles. The molecule has 4 heteroatoms. The molecule has 0 atom stereocenters. The lowest BCUT2D eigenvalue weighted by molar-refractivity contribution is 1.13. The van der Waals surface area contributed by atoms with Gasteiger partial charge < -0.3 is 18.9 Å². The molecule has 11 aromatic rings. The van der Waals surface area contributed by atoms with Crippen LogP contribution in [0.5, 0.6) is 0 Å². The Kier molecular flexibility index (Phi) is 8.56. The Hall–Kier alpha value is -7.82. The lowest BCUT2D eigenvalue weighted by atomic mass is 10.1. The highest BCUT2D eigenvalue weighted by Gasteiger charge is 2.20. The second-order valence-electron chi connectivity index (χ2n) is 15.6. The number of aryl methyl sites for hydroxylation is 2. The van der Waals surface area contributed by atoms with Gasteiger partial charge in [0.1, 0.15) is 0 Å². The SMILES string of the molecule is Cc1ccc(N(c2ccc(C)cc2)c2ccc3c(c2)c2ccccc2n3-c2cccc(-n3c4ccccc4c4cc(N(c5ccccc5)c5ccccc5)ccc43)c2)cc1. The monoisotopic (exact) mass is 770 g/mol. The van der Waals surface area contributed by atoms with Crippen LogP contribution in [-0.4, -0.2) is 9.13 Å². The number of hydrogen-bond donors (Lipinski definition) is 0. The molecule has 0 aliphatic rings. The van der Waals surface area contributed by atoms with E-state index in [9.17, 15) is 0 Å². The van der Waals surface area contributed by atoms with Crippen LogP contribution in [0.3, 0.4) is 0 Å². The van der Waals surface area contributed by atoms with Crippen molar-refractivity contribution in [1.29, 1.82) is 0 Å². The Labute approximate surface area is 350 Å². The third-order valence-corrected chi connectivity index (χ3v) is 11.8. The van der Waals surface area contributed by atoms with Crippen molar-refractivity contribution in [2.24, 2.45) is 0 Å². The molecule has 4 nitrogen and oxygen atoms in total. The van der Waals surface area contributed by atoms with E-state index in [0.29, 0.717) is 0 Å². The third kappa shape index (κ3) is 6.00. The highest BCUT2D eigenvalue weighted by molar-refractivity contribution is 6.12. The summed E-state index contributed by atoms with van der Waals surface area (Å²) in [5, 5.41) is 4.86. The number of fused-ring (bicyclic) bond motifs is 6. The first kappa shape index (κ1) is 35.4. The van der Waals surface area contributed by atoms with Crippen LogP contribution in [0.25, 0.3) is 55.0 Å². The van der Waals surface area contributed by atoms with Crippen molar-refractivity contribution >= 4 is 77.7 Å². The second-order valence-corrected chi connectivity index (χ2v) is 15.6. The van der Waals surface area contributed by atoms with E-state index in [1.807, 2.05) is 0 Å². The molecule has 9 aromatic carbocycles.